The first-order valence-corrected chi connectivity index (χ1v) is 10.9. The van der Waals surface area contributed by atoms with Gasteiger partial charge in [0.25, 0.3) is 0 Å². The molecule has 1 atom stereocenters. The summed E-state index contributed by atoms with van der Waals surface area (Å²) in [5, 5.41) is 2.94. The van der Waals surface area contributed by atoms with Crippen LogP contribution in [0.4, 0.5) is 0 Å². The highest BCUT2D eigenvalue weighted by atomic mass is 32.1. The van der Waals surface area contributed by atoms with Crippen LogP contribution in [0.5, 0.6) is 0 Å². The molecule has 1 fully saturated rings. The fourth-order valence-corrected chi connectivity index (χ4v) is 4.74. The van der Waals surface area contributed by atoms with Gasteiger partial charge < -0.3 is 9.80 Å². The molecule has 2 aromatic heterocycles. The summed E-state index contributed by atoms with van der Waals surface area (Å²) in [6.07, 6.45) is 4.53. The lowest BCUT2D eigenvalue weighted by atomic mass is 10.1. The molecular weight excluding hydrogens is 396 g/mol. The molecule has 2 amide bonds. The highest BCUT2D eigenvalue weighted by Gasteiger charge is 2.31. The molecule has 6 nitrogen and oxygen atoms in total. The second-order valence-electron chi connectivity index (χ2n) is 7.37. The van der Waals surface area contributed by atoms with Crippen LogP contribution in [0, 0.1) is 0 Å². The summed E-state index contributed by atoms with van der Waals surface area (Å²) >= 11 is 1.57. The van der Waals surface area contributed by atoms with Gasteiger partial charge in [-0.1, -0.05) is 30.3 Å². The topological polar surface area (TPSA) is 66.4 Å². The predicted octanol–water partition coefficient (Wildman–Crippen LogP) is 3.57. The number of hydrogen-bond acceptors (Lipinski definition) is 5. The van der Waals surface area contributed by atoms with Crippen molar-refractivity contribution in [3.63, 3.8) is 0 Å². The minimum atomic E-state index is -0.133. The number of carbonyl (C=O) groups is 2. The average molecular weight is 421 g/mol. The summed E-state index contributed by atoms with van der Waals surface area (Å²) in [5.74, 6) is 0.111. The first-order valence-electron chi connectivity index (χ1n) is 10.1. The van der Waals surface area contributed by atoms with E-state index in [4.69, 9.17) is 4.98 Å². The number of nitrogens with zero attached hydrogens (tertiary/aromatic N) is 4. The summed E-state index contributed by atoms with van der Waals surface area (Å²) in [7, 11) is 0. The Morgan fingerprint density at radius 1 is 1.07 bits per heavy atom. The van der Waals surface area contributed by atoms with Crippen LogP contribution in [-0.4, -0.2) is 51.2 Å². The van der Waals surface area contributed by atoms with Gasteiger partial charge in [0.05, 0.1) is 18.2 Å². The van der Waals surface area contributed by atoms with E-state index in [0.717, 1.165) is 21.8 Å². The van der Waals surface area contributed by atoms with Crippen molar-refractivity contribution >= 4 is 23.2 Å². The molecule has 4 rings (SSSR count). The van der Waals surface area contributed by atoms with Crippen LogP contribution < -0.4 is 0 Å². The van der Waals surface area contributed by atoms with E-state index >= 15 is 0 Å². The summed E-state index contributed by atoms with van der Waals surface area (Å²) in [6.45, 7) is 3.27. The smallest absolute Gasteiger partial charge is 0.227 e. The van der Waals surface area contributed by atoms with Crippen LogP contribution in [0.2, 0.25) is 0 Å². The fraction of sp³-hybridized carbons (Fsp3) is 0.304. The van der Waals surface area contributed by atoms with Gasteiger partial charge in [0.1, 0.15) is 5.01 Å². The first kappa shape index (κ1) is 20.2. The number of carbonyl (C=O) groups excluding carboxylic acids is 2. The van der Waals surface area contributed by atoms with E-state index in [0.29, 0.717) is 32.5 Å². The molecule has 7 heteroatoms. The zero-order valence-corrected chi connectivity index (χ0v) is 17.7. The van der Waals surface area contributed by atoms with Crippen molar-refractivity contribution in [3.05, 3.63) is 70.8 Å². The standard InChI is InChI=1S/C23H24N4O2S/c1-17(28)26-12-9-21(23-25-20(16-30-23)19-7-10-24-11-8-19)27(14-13-26)22(29)15-18-5-3-2-4-6-18/h2-8,10-11,16,21H,9,12-15H2,1H3. The van der Waals surface area contributed by atoms with Crippen molar-refractivity contribution in [2.45, 2.75) is 25.8 Å². The molecular formula is C23H24N4O2S. The van der Waals surface area contributed by atoms with E-state index in [1.807, 2.05) is 57.6 Å². The molecule has 0 bridgehead atoms. The minimum Gasteiger partial charge on any atom is -0.341 e. The lowest BCUT2D eigenvalue weighted by Crippen LogP contribution is -2.38. The van der Waals surface area contributed by atoms with Gasteiger partial charge >= 0.3 is 0 Å². The average Bonchev–Trinajstić information content (AvgIpc) is 3.14. The maximum atomic E-state index is 13.2. The Balaban J connectivity index is 1.60. The molecule has 3 heterocycles. The zero-order valence-electron chi connectivity index (χ0n) is 16.9. The van der Waals surface area contributed by atoms with Gasteiger partial charge in [0.15, 0.2) is 0 Å². The van der Waals surface area contributed by atoms with Crippen molar-refractivity contribution in [3.8, 4) is 11.3 Å². The number of amides is 2. The number of pyridine rings is 1. The highest BCUT2D eigenvalue weighted by molar-refractivity contribution is 7.10. The van der Waals surface area contributed by atoms with Crippen LogP contribution >= 0.6 is 11.3 Å². The maximum Gasteiger partial charge on any atom is 0.227 e. The fourth-order valence-electron chi connectivity index (χ4n) is 3.77. The van der Waals surface area contributed by atoms with Gasteiger partial charge in [-0.05, 0) is 24.1 Å². The molecule has 0 saturated carbocycles. The molecule has 1 unspecified atom stereocenters. The minimum absolute atomic E-state index is 0.0442. The molecule has 30 heavy (non-hydrogen) atoms. The Morgan fingerprint density at radius 3 is 2.57 bits per heavy atom. The lowest BCUT2D eigenvalue weighted by molar-refractivity contribution is -0.133. The third-order valence-corrected chi connectivity index (χ3v) is 6.35. The molecule has 0 spiro atoms. The van der Waals surface area contributed by atoms with Crippen molar-refractivity contribution in [2.75, 3.05) is 19.6 Å². The zero-order chi connectivity index (χ0) is 20.9. The second-order valence-corrected chi connectivity index (χ2v) is 8.26. The van der Waals surface area contributed by atoms with Crippen LogP contribution in [-0.2, 0) is 16.0 Å². The van der Waals surface area contributed by atoms with Gasteiger partial charge in [-0.15, -0.1) is 11.3 Å². The number of thiazole rings is 1. The number of hydrogen-bond donors (Lipinski definition) is 0. The third-order valence-electron chi connectivity index (χ3n) is 5.41. The molecule has 0 radical (unpaired) electrons. The van der Waals surface area contributed by atoms with Gasteiger partial charge in [-0.3, -0.25) is 14.6 Å². The first-order chi connectivity index (χ1) is 14.6. The molecule has 0 aliphatic carbocycles. The summed E-state index contributed by atoms with van der Waals surface area (Å²) in [6, 6.07) is 13.5. The Bertz CT molecular complexity index is 1010. The molecule has 154 valence electrons. The van der Waals surface area contributed by atoms with Gasteiger partial charge in [-0.2, -0.15) is 0 Å². The number of aromatic nitrogens is 2. The van der Waals surface area contributed by atoms with E-state index in [-0.39, 0.29) is 17.9 Å². The molecule has 3 aromatic rings. The number of rotatable bonds is 4. The van der Waals surface area contributed by atoms with E-state index < -0.39 is 0 Å². The van der Waals surface area contributed by atoms with Crippen molar-refractivity contribution in [1.29, 1.82) is 0 Å². The molecule has 1 aliphatic rings. The maximum absolute atomic E-state index is 13.2. The molecule has 1 aliphatic heterocycles. The van der Waals surface area contributed by atoms with E-state index in [2.05, 4.69) is 4.98 Å². The number of benzene rings is 1. The summed E-state index contributed by atoms with van der Waals surface area (Å²) in [4.78, 5) is 37.8. The quantitative estimate of drug-likeness (QED) is 0.647. The van der Waals surface area contributed by atoms with Gasteiger partial charge in [0.2, 0.25) is 11.8 Å². The molecule has 1 saturated heterocycles. The Hall–Kier alpha value is -3.06. The summed E-state index contributed by atoms with van der Waals surface area (Å²) < 4.78 is 0. The monoisotopic (exact) mass is 420 g/mol. The van der Waals surface area contributed by atoms with E-state index in [1.54, 1.807) is 30.7 Å². The van der Waals surface area contributed by atoms with Crippen molar-refractivity contribution in [2.24, 2.45) is 0 Å². The molecule has 1 aromatic carbocycles. The lowest BCUT2D eigenvalue weighted by Gasteiger charge is -2.28. The van der Waals surface area contributed by atoms with Gasteiger partial charge in [-0.25, -0.2) is 4.98 Å². The highest BCUT2D eigenvalue weighted by Crippen LogP contribution is 2.32. The van der Waals surface area contributed by atoms with Gasteiger partial charge in [0, 0.05) is 49.9 Å². The Morgan fingerprint density at radius 2 is 1.83 bits per heavy atom. The summed E-state index contributed by atoms with van der Waals surface area (Å²) in [5.41, 5.74) is 2.89. The third kappa shape index (κ3) is 4.57. The largest absolute Gasteiger partial charge is 0.341 e. The van der Waals surface area contributed by atoms with Crippen LogP contribution in [0.25, 0.3) is 11.3 Å². The van der Waals surface area contributed by atoms with Crippen molar-refractivity contribution < 1.29 is 9.59 Å². The van der Waals surface area contributed by atoms with E-state index in [1.165, 1.54) is 0 Å². The normalized spacial score (nSPS) is 16.9. The SMILES string of the molecule is CC(=O)N1CCC(c2nc(-c3ccncc3)cs2)N(C(=O)Cc2ccccc2)CC1. The van der Waals surface area contributed by atoms with Crippen LogP contribution in [0.3, 0.4) is 0 Å². The predicted molar refractivity (Wildman–Crippen MR) is 117 cm³/mol. The van der Waals surface area contributed by atoms with Crippen LogP contribution in [0.1, 0.15) is 30.0 Å². The molecule has 0 N–H and O–H groups in total. The second kappa shape index (κ2) is 9.17. The van der Waals surface area contributed by atoms with Crippen LogP contribution in [0.15, 0.2) is 60.2 Å². The Kier molecular flexibility index (Phi) is 6.18. The van der Waals surface area contributed by atoms with E-state index in [9.17, 15) is 9.59 Å². The van der Waals surface area contributed by atoms with Crippen molar-refractivity contribution in [1.82, 2.24) is 19.8 Å². The Labute approximate surface area is 180 Å².